The molecule has 1 aliphatic rings. The predicted octanol–water partition coefficient (Wildman–Crippen LogP) is 4.55. The minimum absolute atomic E-state index is 0.0884. The third-order valence-electron chi connectivity index (χ3n) is 4.71. The Kier molecular flexibility index (Phi) is 4.03. The molecule has 1 aliphatic heterocycles. The molecule has 0 radical (unpaired) electrons. The van der Waals surface area contributed by atoms with Crippen molar-refractivity contribution < 1.29 is 4.74 Å². The Morgan fingerprint density at radius 3 is 1.89 bits per heavy atom. The third-order valence-corrected chi connectivity index (χ3v) is 5.29. The highest BCUT2D eigenvalue weighted by molar-refractivity contribution is 6.21. The van der Waals surface area contributed by atoms with E-state index in [4.69, 9.17) is 16.3 Å². The Bertz CT molecular complexity index is 430. The Morgan fingerprint density at radius 2 is 1.44 bits per heavy atom. The zero-order chi connectivity index (χ0) is 13.4. The zero-order valence-corrected chi connectivity index (χ0v) is 12.8. The molecule has 1 fully saturated rings. The average Bonchev–Trinajstić information content (AvgIpc) is 2.88. The van der Waals surface area contributed by atoms with Gasteiger partial charge in [-0.05, 0) is 74.4 Å². The van der Waals surface area contributed by atoms with Gasteiger partial charge in [-0.3, -0.25) is 0 Å². The Balaban J connectivity index is 2.49. The lowest BCUT2D eigenvalue weighted by Crippen LogP contribution is -2.13. The molecule has 0 saturated carbocycles. The fourth-order valence-corrected chi connectivity index (χ4v) is 3.49. The van der Waals surface area contributed by atoms with Gasteiger partial charge in [-0.1, -0.05) is 0 Å². The quantitative estimate of drug-likeness (QED) is 0.714. The standard InChI is InChI=1S/C16H23ClO/c1-9-10(2)12(4)15(13(5)11(9)3)16(17)14-6-7-18-8-14/h14,16H,6-8H2,1-5H3. The topological polar surface area (TPSA) is 9.23 Å². The summed E-state index contributed by atoms with van der Waals surface area (Å²) < 4.78 is 5.48. The van der Waals surface area contributed by atoms with E-state index in [1.165, 1.54) is 33.4 Å². The van der Waals surface area contributed by atoms with Gasteiger partial charge in [0.1, 0.15) is 0 Å². The molecule has 2 atom stereocenters. The van der Waals surface area contributed by atoms with Crippen molar-refractivity contribution in [3.05, 3.63) is 33.4 Å². The molecule has 18 heavy (non-hydrogen) atoms. The van der Waals surface area contributed by atoms with Crippen molar-refractivity contribution in [2.24, 2.45) is 5.92 Å². The molecular formula is C16H23ClO. The molecule has 0 aromatic heterocycles. The minimum Gasteiger partial charge on any atom is -0.381 e. The van der Waals surface area contributed by atoms with Gasteiger partial charge in [0, 0.05) is 12.5 Å². The van der Waals surface area contributed by atoms with Crippen molar-refractivity contribution >= 4 is 11.6 Å². The van der Waals surface area contributed by atoms with Gasteiger partial charge in [0.25, 0.3) is 0 Å². The number of ether oxygens (including phenoxy) is 1. The summed E-state index contributed by atoms with van der Waals surface area (Å²) in [5.41, 5.74) is 8.24. The number of rotatable bonds is 2. The third kappa shape index (κ3) is 2.19. The van der Waals surface area contributed by atoms with Crippen LogP contribution in [-0.2, 0) is 4.74 Å². The fourth-order valence-electron chi connectivity index (χ4n) is 2.96. The highest BCUT2D eigenvalue weighted by Crippen LogP contribution is 2.40. The lowest BCUT2D eigenvalue weighted by atomic mass is 9.85. The van der Waals surface area contributed by atoms with Crippen LogP contribution >= 0.6 is 11.6 Å². The maximum absolute atomic E-state index is 6.74. The summed E-state index contributed by atoms with van der Waals surface area (Å²) >= 11 is 6.74. The SMILES string of the molecule is Cc1c(C)c(C)c(C(Cl)C2CCOC2)c(C)c1C. The smallest absolute Gasteiger partial charge is 0.0641 e. The van der Waals surface area contributed by atoms with Crippen molar-refractivity contribution in [3.63, 3.8) is 0 Å². The van der Waals surface area contributed by atoms with Crippen LogP contribution in [0.25, 0.3) is 0 Å². The minimum atomic E-state index is 0.0884. The van der Waals surface area contributed by atoms with Gasteiger partial charge in [0.2, 0.25) is 0 Å². The second-order valence-electron chi connectivity index (χ2n) is 5.56. The van der Waals surface area contributed by atoms with Crippen molar-refractivity contribution in [1.29, 1.82) is 0 Å². The van der Waals surface area contributed by atoms with Crippen LogP contribution in [0.5, 0.6) is 0 Å². The molecule has 1 aromatic rings. The van der Waals surface area contributed by atoms with E-state index in [1.807, 2.05) is 0 Å². The normalized spacial score (nSPS) is 21.3. The molecule has 1 aromatic carbocycles. The van der Waals surface area contributed by atoms with E-state index in [9.17, 15) is 0 Å². The molecule has 1 heterocycles. The van der Waals surface area contributed by atoms with Gasteiger partial charge in [0.05, 0.1) is 12.0 Å². The molecule has 2 unspecified atom stereocenters. The van der Waals surface area contributed by atoms with Gasteiger partial charge in [-0.25, -0.2) is 0 Å². The fraction of sp³-hybridized carbons (Fsp3) is 0.625. The molecule has 0 spiro atoms. The van der Waals surface area contributed by atoms with Crippen LogP contribution in [0.1, 0.15) is 45.2 Å². The highest BCUT2D eigenvalue weighted by atomic mass is 35.5. The van der Waals surface area contributed by atoms with Crippen LogP contribution in [0.3, 0.4) is 0 Å². The second kappa shape index (κ2) is 5.22. The Morgan fingerprint density at radius 1 is 0.944 bits per heavy atom. The maximum atomic E-state index is 6.74. The molecular weight excluding hydrogens is 244 g/mol. The molecule has 1 saturated heterocycles. The zero-order valence-electron chi connectivity index (χ0n) is 12.1. The van der Waals surface area contributed by atoms with E-state index >= 15 is 0 Å². The van der Waals surface area contributed by atoms with Gasteiger partial charge in [-0.15, -0.1) is 11.6 Å². The summed E-state index contributed by atoms with van der Waals surface area (Å²) in [6, 6.07) is 0. The van der Waals surface area contributed by atoms with E-state index in [0.717, 1.165) is 19.6 Å². The Hall–Kier alpha value is -0.530. The predicted molar refractivity (Wildman–Crippen MR) is 77.6 cm³/mol. The first-order valence-electron chi connectivity index (χ1n) is 6.73. The number of alkyl halides is 1. The van der Waals surface area contributed by atoms with Crippen molar-refractivity contribution in [2.75, 3.05) is 13.2 Å². The van der Waals surface area contributed by atoms with Crippen molar-refractivity contribution in [3.8, 4) is 0 Å². The summed E-state index contributed by atoms with van der Waals surface area (Å²) in [5.74, 6) is 0.463. The lowest BCUT2D eigenvalue weighted by Gasteiger charge is -2.24. The van der Waals surface area contributed by atoms with Crippen LogP contribution in [0.4, 0.5) is 0 Å². The van der Waals surface area contributed by atoms with Crippen LogP contribution in [-0.4, -0.2) is 13.2 Å². The van der Waals surface area contributed by atoms with Gasteiger partial charge in [0.15, 0.2) is 0 Å². The molecule has 0 aliphatic carbocycles. The van der Waals surface area contributed by atoms with Crippen LogP contribution in [0.2, 0.25) is 0 Å². The first kappa shape index (κ1) is 13.9. The molecule has 0 amide bonds. The molecule has 100 valence electrons. The average molecular weight is 267 g/mol. The number of benzene rings is 1. The summed E-state index contributed by atoms with van der Waals surface area (Å²) in [6.45, 7) is 12.7. The van der Waals surface area contributed by atoms with Gasteiger partial charge < -0.3 is 4.74 Å². The maximum Gasteiger partial charge on any atom is 0.0641 e. The van der Waals surface area contributed by atoms with E-state index in [0.29, 0.717) is 5.92 Å². The second-order valence-corrected chi connectivity index (χ2v) is 6.03. The van der Waals surface area contributed by atoms with Gasteiger partial charge in [-0.2, -0.15) is 0 Å². The van der Waals surface area contributed by atoms with E-state index in [-0.39, 0.29) is 5.38 Å². The van der Waals surface area contributed by atoms with Gasteiger partial charge >= 0.3 is 0 Å². The molecule has 0 N–H and O–H groups in total. The molecule has 2 rings (SSSR count). The highest BCUT2D eigenvalue weighted by Gasteiger charge is 2.28. The largest absolute Gasteiger partial charge is 0.381 e. The molecule has 1 nitrogen and oxygen atoms in total. The monoisotopic (exact) mass is 266 g/mol. The van der Waals surface area contributed by atoms with E-state index < -0.39 is 0 Å². The Labute approximate surface area is 115 Å². The lowest BCUT2D eigenvalue weighted by molar-refractivity contribution is 0.185. The van der Waals surface area contributed by atoms with Crippen LogP contribution in [0.15, 0.2) is 0 Å². The van der Waals surface area contributed by atoms with Crippen LogP contribution < -0.4 is 0 Å². The first-order chi connectivity index (χ1) is 8.45. The summed E-state index contributed by atoms with van der Waals surface area (Å²) in [7, 11) is 0. The molecule has 2 heteroatoms. The number of hydrogen-bond donors (Lipinski definition) is 0. The summed E-state index contributed by atoms with van der Waals surface area (Å²) in [6.07, 6.45) is 1.08. The van der Waals surface area contributed by atoms with Crippen molar-refractivity contribution in [2.45, 2.75) is 46.4 Å². The van der Waals surface area contributed by atoms with Crippen molar-refractivity contribution in [1.82, 2.24) is 0 Å². The molecule has 0 bridgehead atoms. The number of hydrogen-bond acceptors (Lipinski definition) is 1. The summed E-state index contributed by atoms with van der Waals surface area (Å²) in [5, 5.41) is 0.0884. The van der Waals surface area contributed by atoms with Crippen LogP contribution in [0, 0.1) is 40.5 Å². The van der Waals surface area contributed by atoms with E-state index in [2.05, 4.69) is 34.6 Å². The number of halogens is 1. The first-order valence-corrected chi connectivity index (χ1v) is 7.17. The van der Waals surface area contributed by atoms with E-state index in [1.54, 1.807) is 0 Å². The summed E-state index contributed by atoms with van der Waals surface area (Å²) in [4.78, 5) is 0.